The lowest BCUT2D eigenvalue weighted by Crippen LogP contribution is -2.35. The Kier molecular flexibility index (Phi) is 13.3. The molecule has 1 unspecified atom stereocenters. The highest BCUT2D eigenvalue weighted by Gasteiger charge is 2.11. The number of hydrogen-bond donors (Lipinski definition) is 3. The number of nitrogens with one attached hydrogen (secondary N) is 1. The fraction of sp³-hybridized carbons (Fsp3) is 0.933. The molecule has 0 heterocycles. The third-order valence-electron chi connectivity index (χ3n) is 3.46. The Bertz CT molecular complexity index is 399. The van der Waals surface area contributed by atoms with Crippen molar-refractivity contribution in [3.8, 4) is 0 Å². The predicted molar refractivity (Wildman–Crippen MR) is 88.1 cm³/mol. The third-order valence-corrected chi connectivity index (χ3v) is 3.92. The lowest BCUT2D eigenvalue weighted by Gasteiger charge is -2.12. The van der Waals surface area contributed by atoms with Gasteiger partial charge in [0.15, 0.2) is 0 Å². The van der Waals surface area contributed by atoms with Crippen molar-refractivity contribution in [3.05, 3.63) is 0 Å². The molecular formula is C15H31NO6S. The summed E-state index contributed by atoms with van der Waals surface area (Å²) in [4.78, 5) is 11.5. The minimum absolute atomic E-state index is 0.108. The van der Waals surface area contributed by atoms with Gasteiger partial charge in [0.05, 0.1) is 6.61 Å². The Balaban J connectivity index is 3.45. The van der Waals surface area contributed by atoms with Crippen LogP contribution in [0.1, 0.15) is 77.6 Å². The van der Waals surface area contributed by atoms with Crippen LogP contribution in [0, 0.1) is 0 Å². The van der Waals surface area contributed by atoms with Gasteiger partial charge in [-0.05, 0) is 6.42 Å². The molecule has 3 N–H and O–H groups in total. The molecule has 0 rings (SSSR count). The predicted octanol–water partition coefficient (Wildman–Crippen LogP) is 2.55. The Morgan fingerprint density at radius 3 is 2.09 bits per heavy atom. The third kappa shape index (κ3) is 17.5. The van der Waals surface area contributed by atoms with Crippen molar-refractivity contribution in [3.63, 3.8) is 0 Å². The highest BCUT2D eigenvalue weighted by atomic mass is 32.3. The van der Waals surface area contributed by atoms with Crippen molar-refractivity contribution in [2.45, 2.75) is 83.8 Å². The van der Waals surface area contributed by atoms with Crippen LogP contribution in [0.5, 0.6) is 0 Å². The highest BCUT2D eigenvalue weighted by Crippen LogP contribution is 2.10. The van der Waals surface area contributed by atoms with E-state index in [1.807, 2.05) is 0 Å². The van der Waals surface area contributed by atoms with Gasteiger partial charge in [-0.3, -0.25) is 9.35 Å². The van der Waals surface area contributed by atoms with Crippen LogP contribution >= 0.6 is 0 Å². The van der Waals surface area contributed by atoms with E-state index in [1.54, 1.807) is 0 Å². The molecule has 0 saturated carbocycles. The normalized spacial score (nSPS) is 13.0. The quantitative estimate of drug-likeness (QED) is 0.237. The molecule has 8 heteroatoms. The molecule has 0 aromatic heterocycles. The van der Waals surface area contributed by atoms with Gasteiger partial charge in [0.25, 0.3) is 0 Å². The Hall–Kier alpha value is -0.700. The zero-order chi connectivity index (χ0) is 17.6. The van der Waals surface area contributed by atoms with Gasteiger partial charge in [0, 0.05) is 12.8 Å². The summed E-state index contributed by atoms with van der Waals surface area (Å²) in [6.45, 7) is 1.81. The zero-order valence-electron chi connectivity index (χ0n) is 14.0. The Morgan fingerprint density at radius 1 is 1.04 bits per heavy atom. The van der Waals surface area contributed by atoms with E-state index < -0.39 is 23.2 Å². The molecule has 1 atom stereocenters. The molecule has 0 bridgehead atoms. The van der Waals surface area contributed by atoms with Gasteiger partial charge in [0.2, 0.25) is 5.91 Å². The monoisotopic (exact) mass is 353 g/mol. The van der Waals surface area contributed by atoms with Crippen LogP contribution in [0.3, 0.4) is 0 Å². The fourth-order valence-corrected chi connectivity index (χ4v) is 2.50. The summed E-state index contributed by atoms with van der Waals surface area (Å²) >= 11 is 0. The number of aliphatic hydroxyl groups is 1. The van der Waals surface area contributed by atoms with Crippen LogP contribution in [0.4, 0.5) is 0 Å². The number of hydrogen-bond acceptors (Lipinski definition) is 5. The Morgan fingerprint density at radius 2 is 1.57 bits per heavy atom. The van der Waals surface area contributed by atoms with Crippen LogP contribution in [-0.2, 0) is 19.4 Å². The molecule has 138 valence electrons. The largest absolute Gasteiger partial charge is 0.397 e. The van der Waals surface area contributed by atoms with E-state index in [-0.39, 0.29) is 12.3 Å². The number of rotatable bonds is 15. The second-order valence-corrected chi connectivity index (χ2v) is 6.79. The van der Waals surface area contributed by atoms with Crippen LogP contribution in [0.2, 0.25) is 0 Å². The van der Waals surface area contributed by atoms with Crippen molar-refractivity contribution in [1.82, 2.24) is 5.32 Å². The Labute approximate surface area is 139 Å². The van der Waals surface area contributed by atoms with Gasteiger partial charge >= 0.3 is 10.4 Å². The molecule has 7 nitrogen and oxygen atoms in total. The molecule has 0 aliphatic heterocycles. The SMILES string of the molecule is CCCCCCCCCCCC(=O)NC(O)CCOS(=O)(=O)O. The average molecular weight is 353 g/mol. The summed E-state index contributed by atoms with van der Waals surface area (Å²) in [5, 5.41) is 11.8. The minimum atomic E-state index is -4.50. The number of unbranched alkanes of at least 4 members (excludes halogenated alkanes) is 8. The number of carbonyl (C=O) groups excluding carboxylic acids is 1. The molecule has 0 fully saturated rings. The maximum absolute atomic E-state index is 11.5. The molecule has 0 aliphatic carbocycles. The average Bonchev–Trinajstić information content (AvgIpc) is 2.44. The van der Waals surface area contributed by atoms with E-state index in [0.717, 1.165) is 19.3 Å². The van der Waals surface area contributed by atoms with E-state index in [0.29, 0.717) is 6.42 Å². The van der Waals surface area contributed by atoms with Gasteiger partial charge in [-0.25, -0.2) is 4.18 Å². The molecule has 0 aromatic rings. The van der Waals surface area contributed by atoms with E-state index in [9.17, 15) is 18.3 Å². The van der Waals surface area contributed by atoms with Crippen LogP contribution in [-0.4, -0.2) is 36.8 Å². The van der Waals surface area contributed by atoms with E-state index in [1.165, 1.54) is 38.5 Å². The second kappa shape index (κ2) is 13.7. The zero-order valence-corrected chi connectivity index (χ0v) is 14.8. The van der Waals surface area contributed by atoms with Gasteiger partial charge in [-0.1, -0.05) is 58.3 Å². The summed E-state index contributed by atoms with van der Waals surface area (Å²) in [6.07, 6.45) is 9.52. The first kappa shape index (κ1) is 22.3. The van der Waals surface area contributed by atoms with Crippen molar-refractivity contribution in [1.29, 1.82) is 0 Å². The molecule has 1 amide bonds. The lowest BCUT2D eigenvalue weighted by atomic mass is 10.1. The highest BCUT2D eigenvalue weighted by molar-refractivity contribution is 7.80. The van der Waals surface area contributed by atoms with Crippen molar-refractivity contribution >= 4 is 16.3 Å². The summed E-state index contributed by atoms with van der Waals surface area (Å²) in [6, 6.07) is 0. The maximum atomic E-state index is 11.5. The number of carbonyl (C=O) groups is 1. The summed E-state index contributed by atoms with van der Waals surface area (Å²) in [5.41, 5.74) is 0. The second-order valence-electron chi connectivity index (χ2n) is 5.70. The number of amides is 1. The number of aliphatic hydroxyl groups excluding tert-OH is 1. The van der Waals surface area contributed by atoms with Crippen LogP contribution < -0.4 is 5.32 Å². The first-order valence-electron chi connectivity index (χ1n) is 8.44. The molecule has 23 heavy (non-hydrogen) atoms. The summed E-state index contributed by atoms with van der Waals surface area (Å²) in [7, 11) is -4.50. The van der Waals surface area contributed by atoms with Crippen LogP contribution in [0.25, 0.3) is 0 Å². The fourth-order valence-electron chi connectivity index (χ4n) is 2.19. The molecular weight excluding hydrogens is 322 g/mol. The van der Waals surface area contributed by atoms with Crippen LogP contribution in [0.15, 0.2) is 0 Å². The first-order chi connectivity index (χ1) is 10.8. The van der Waals surface area contributed by atoms with E-state index in [2.05, 4.69) is 16.4 Å². The van der Waals surface area contributed by atoms with E-state index in [4.69, 9.17) is 4.55 Å². The molecule has 0 saturated heterocycles. The van der Waals surface area contributed by atoms with Crippen molar-refractivity contribution in [2.24, 2.45) is 0 Å². The molecule has 0 aromatic carbocycles. The van der Waals surface area contributed by atoms with Crippen molar-refractivity contribution in [2.75, 3.05) is 6.61 Å². The lowest BCUT2D eigenvalue weighted by molar-refractivity contribution is -0.124. The van der Waals surface area contributed by atoms with Crippen molar-refractivity contribution < 1.29 is 27.1 Å². The van der Waals surface area contributed by atoms with Gasteiger partial charge in [-0.2, -0.15) is 8.42 Å². The van der Waals surface area contributed by atoms with E-state index >= 15 is 0 Å². The molecule has 0 aliphatic rings. The standard InChI is InChI=1S/C15H31NO6S/c1-2-3-4-5-6-7-8-9-10-11-14(17)16-15(18)12-13-22-23(19,20)21/h15,18H,2-13H2,1H3,(H,16,17)(H,19,20,21). The molecule has 0 spiro atoms. The topological polar surface area (TPSA) is 113 Å². The summed E-state index contributed by atoms with van der Waals surface area (Å²) < 4.78 is 33.0. The minimum Gasteiger partial charge on any atom is -0.374 e. The first-order valence-corrected chi connectivity index (χ1v) is 9.81. The van der Waals surface area contributed by atoms with Gasteiger partial charge in [-0.15, -0.1) is 0 Å². The van der Waals surface area contributed by atoms with Gasteiger partial charge in [0.1, 0.15) is 6.23 Å². The molecule has 0 radical (unpaired) electrons. The smallest absolute Gasteiger partial charge is 0.374 e. The maximum Gasteiger partial charge on any atom is 0.397 e. The van der Waals surface area contributed by atoms with Gasteiger partial charge < -0.3 is 10.4 Å². The summed E-state index contributed by atoms with van der Waals surface area (Å²) in [5.74, 6) is -0.271.